The molecule has 0 aliphatic heterocycles. The highest BCUT2D eigenvalue weighted by Crippen LogP contribution is 2.27. The Morgan fingerprint density at radius 3 is 2.78 bits per heavy atom. The van der Waals surface area contributed by atoms with E-state index in [1.165, 1.54) is 7.11 Å². The second-order valence-corrected chi connectivity index (χ2v) is 4.68. The van der Waals surface area contributed by atoms with Crippen molar-refractivity contribution in [3.8, 4) is 0 Å². The van der Waals surface area contributed by atoms with Crippen molar-refractivity contribution in [1.29, 1.82) is 0 Å². The van der Waals surface area contributed by atoms with Gasteiger partial charge in [-0.05, 0) is 0 Å². The highest BCUT2D eigenvalue weighted by molar-refractivity contribution is 7.18. The molecule has 0 bridgehead atoms. The van der Waals surface area contributed by atoms with Gasteiger partial charge in [-0.1, -0.05) is 22.9 Å². The molecule has 0 aromatic carbocycles. The molecule has 6 nitrogen and oxygen atoms in total. The van der Waals surface area contributed by atoms with Crippen LogP contribution >= 0.6 is 22.9 Å². The van der Waals surface area contributed by atoms with E-state index < -0.39 is 5.97 Å². The van der Waals surface area contributed by atoms with Gasteiger partial charge in [0.05, 0.1) is 19.8 Å². The number of methoxy groups -OCH3 is 3. The number of halogens is 1. The maximum atomic E-state index is 11.3. The fourth-order valence-corrected chi connectivity index (χ4v) is 2.30. The number of aromatic nitrogens is 1. The molecule has 1 rings (SSSR count). The van der Waals surface area contributed by atoms with Gasteiger partial charge in [-0.15, -0.1) is 0 Å². The molecule has 18 heavy (non-hydrogen) atoms. The molecule has 0 spiro atoms. The van der Waals surface area contributed by atoms with Gasteiger partial charge in [0.2, 0.25) is 0 Å². The van der Waals surface area contributed by atoms with Gasteiger partial charge in [0.1, 0.15) is 0 Å². The summed E-state index contributed by atoms with van der Waals surface area (Å²) in [7, 11) is 4.49. The van der Waals surface area contributed by atoms with Gasteiger partial charge in [0.15, 0.2) is 15.2 Å². The number of ether oxygens (including phenoxy) is 3. The van der Waals surface area contributed by atoms with Gasteiger partial charge in [-0.3, -0.25) is 0 Å². The number of carbonyl (C=O) groups excluding carboxylic acids is 1. The van der Waals surface area contributed by atoms with Gasteiger partial charge in [-0.2, -0.15) is 0 Å². The molecule has 0 saturated carbocycles. The van der Waals surface area contributed by atoms with Crippen LogP contribution in [0.2, 0.25) is 5.15 Å². The number of thiazole rings is 1. The Hall–Kier alpha value is -0.890. The lowest BCUT2D eigenvalue weighted by molar-refractivity contribution is 0.0365. The number of anilines is 1. The van der Waals surface area contributed by atoms with E-state index in [0.717, 1.165) is 11.3 Å². The Morgan fingerprint density at radius 2 is 2.22 bits per heavy atom. The van der Waals surface area contributed by atoms with Crippen LogP contribution in [-0.2, 0) is 14.2 Å². The molecule has 1 aromatic heterocycles. The highest BCUT2D eigenvalue weighted by Gasteiger charge is 2.17. The predicted octanol–water partition coefficient (Wildman–Crippen LogP) is 1.66. The van der Waals surface area contributed by atoms with Gasteiger partial charge in [0, 0.05) is 20.8 Å². The molecular formula is C10H15ClN2O4S. The maximum Gasteiger partial charge on any atom is 0.351 e. The molecule has 1 N–H and O–H groups in total. The van der Waals surface area contributed by atoms with E-state index in [0.29, 0.717) is 18.3 Å². The number of carbonyl (C=O) groups is 1. The first-order valence-electron chi connectivity index (χ1n) is 5.12. The normalized spacial score (nSPS) is 12.2. The van der Waals surface area contributed by atoms with Crippen LogP contribution in [0.3, 0.4) is 0 Å². The molecule has 0 aliphatic carbocycles. The molecule has 0 radical (unpaired) electrons. The Balaban J connectivity index is 2.60. The minimum atomic E-state index is -0.495. The summed E-state index contributed by atoms with van der Waals surface area (Å²) >= 11 is 6.97. The van der Waals surface area contributed by atoms with Crippen molar-refractivity contribution in [2.45, 2.75) is 6.10 Å². The first-order valence-corrected chi connectivity index (χ1v) is 6.32. The lowest BCUT2D eigenvalue weighted by atomic mass is 10.4. The van der Waals surface area contributed by atoms with E-state index in [2.05, 4.69) is 15.0 Å². The van der Waals surface area contributed by atoms with Crippen molar-refractivity contribution >= 4 is 34.0 Å². The fourth-order valence-electron chi connectivity index (χ4n) is 1.19. The molecule has 1 aromatic rings. The summed E-state index contributed by atoms with van der Waals surface area (Å²) in [6.45, 7) is 0.973. The van der Waals surface area contributed by atoms with Crippen molar-refractivity contribution in [3.63, 3.8) is 0 Å². The summed E-state index contributed by atoms with van der Waals surface area (Å²) in [4.78, 5) is 15.6. The van der Waals surface area contributed by atoms with Crippen LogP contribution in [-0.4, -0.2) is 51.5 Å². The lowest BCUT2D eigenvalue weighted by Gasteiger charge is -2.14. The van der Waals surface area contributed by atoms with Gasteiger partial charge in [-0.25, -0.2) is 9.78 Å². The topological polar surface area (TPSA) is 69.7 Å². The van der Waals surface area contributed by atoms with Gasteiger partial charge >= 0.3 is 5.97 Å². The number of hydrogen-bond donors (Lipinski definition) is 1. The number of rotatable bonds is 7. The van der Waals surface area contributed by atoms with Crippen LogP contribution < -0.4 is 5.32 Å². The lowest BCUT2D eigenvalue weighted by Crippen LogP contribution is -2.26. The molecule has 0 fully saturated rings. The van der Waals surface area contributed by atoms with Crippen molar-refractivity contribution in [2.24, 2.45) is 0 Å². The van der Waals surface area contributed by atoms with Crippen LogP contribution in [0.15, 0.2) is 0 Å². The molecule has 1 heterocycles. The van der Waals surface area contributed by atoms with Gasteiger partial charge < -0.3 is 19.5 Å². The molecular weight excluding hydrogens is 280 g/mol. The fraction of sp³-hybridized carbons (Fsp3) is 0.600. The summed E-state index contributed by atoms with van der Waals surface area (Å²) in [5.41, 5.74) is 0. The highest BCUT2D eigenvalue weighted by atomic mass is 35.5. The monoisotopic (exact) mass is 294 g/mol. The van der Waals surface area contributed by atoms with Crippen molar-refractivity contribution in [3.05, 3.63) is 10.0 Å². The average Bonchev–Trinajstić information content (AvgIpc) is 2.74. The first-order chi connectivity index (χ1) is 8.62. The predicted molar refractivity (Wildman–Crippen MR) is 69.6 cm³/mol. The maximum absolute atomic E-state index is 11.3. The number of esters is 1. The first kappa shape index (κ1) is 15.2. The zero-order valence-corrected chi connectivity index (χ0v) is 11.9. The number of hydrogen-bond acceptors (Lipinski definition) is 7. The summed E-state index contributed by atoms with van der Waals surface area (Å²) < 4.78 is 14.8. The van der Waals surface area contributed by atoms with Crippen LogP contribution in [0.1, 0.15) is 9.67 Å². The van der Waals surface area contributed by atoms with Crippen LogP contribution in [0.25, 0.3) is 0 Å². The van der Waals surface area contributed by atoms with Crippen LogP contribution in [0.5, 0.6) is 0 Å². The largest absolute Gasteiger partial charge is 0.465 e. The zero-order chi connectivity index (χ0) is 13.5. The molecule has 1 atom stereocenters. The van der Waals surface area contributed by atoms with Crippen molar-refractivity contribution in [1.82, 2.24) is 4.98 Å². The average molecular weight is 295 g/mol. The number of nitrogens with zero attached hydrogens (tertiary/aromatic N) is 1. The minimum Gasteiger partial charge on any atom is -0.465 e. The summed E-state index contributed by atoms with van der Waals surface area (Å²) in [6, 6.07) is 0. The quantitative estimate of drug-likeness (QED) is 0.771. The third kappa shape index (κ3) is 4.09. The Labute approximate surface area is 114 Å². The number of nitrogens with one attached hydrogen (secondary N) is 1. The van der Waals surface area contributed by atoms with E-state index in [-0.39, 0.29) is 16.1 Å². The molecule has 8 heteroatoms. The SMILES string of the molecule is COCC(CNc1nc(Cl)c(C(=O)OC)s1)OC. The molecule has 0 amide bonds. The minimum absolute atomic E-state index is 0.0979. The third-order valence-corrected chi connectivity index (χ3v) is 3.50. The van der Waals surface area contributed by atoms with E-state index in [1.54, 1.807) is 14.2 Å². The van der Waals surface area contributed by atoms with Crippen molar-refractivity contribution < 1.29 is 19.0 Å². The van der Waals surface area contributed by atoms with Crippen molar-refractivity contribution in [2.75, 3.05) is 39.8 Å². The van der Waals surface area contributed by atoms with E-state index in [1.807, 2.05) is 0 Å². The smallest absolute Gasteiger partial charge is 0.351 e. The Kier molecular flexibility index (Phi) is 6.34. The standard InChI is InChI=1S/C10H15ClN2O4S/c1-15-5-6(16-2)4-12-10-13-8(11)7(18-10)9(14)17-3/h6H,4-5H2,1-3H3,(H,12,13). The third-order valence-electron chi connectivity index (χ3n) is 2.12. The molecule has 102 valence electrons. The van der Waals surface area contributed by atoms with E-state index >= 15 is 0 Å². The molecule has 1 unspecified atom stereocenters. The van der Waals surface area contributed by atoms with Crippen LogP contribution in [0, 0.1) is 0 Å². The zero-order valence-electron chi connectivity index (χ0n) is 10.4. The summed E-state index contributed by atoms with van der Waals surface area (Å²) in [6.07, 6.45) is -0.0979. The second-order valence-electron chi connectivity index (χ2n) is 3.32. The summed E-state index contributed by atoms with van der Waals surface area (Å²) in [5, 5.41) is 3.71. The van der Waals surface area contributed by atoms with E-state index in [4.69, 9.17) is 21.1 Å². The second kappa shape index (κ2) is 7.52. The molecule has 0 aliphatic rings. The molecule has 0 saturated heterocycles. The Morgan fingerprint density at radius 1 is 1.50 bits per heavy atom. The van der Waals surface area contributed by atoms with E-state index in [9.17, 15) is 4.79 Å². The summed E-state index contributed by atoms with van der Waals surface area (Å²) in [5.74, 6) is -0.495. The Bertz CT molecular complexity index is 399. The van der Waals surface area contributed by atoms with Gasteiger partial charge in [0.25, 0.3) is 0 Å². The van der Waals surface area contributed by atoms with Crippen LogP contribution in [0.4, 0.5) is 5.13 Å².